The van der Waals surface area contributed by atoms with Crippen LogP contribution >= 0.6 is 0 Å². The van der Waals surface area contributed by atoms with Crippen molar-refractivity contribution in [3.63, 3.8) is 0 Å². The summed E-state index contributed by atoms with van der Waals surface area (Å²) in [5, 5.41) is 0. The topological polar surface area (TPSA) is 72.5 Å². The van der Waals surface area contributed by atoms with Crippen LogP contribution in [-0.2, 0) is 15.5 Å². The molecule has 70 valence electrons. The van der Waals surface area contributed by atoms with Crippen LogP contribution in [0.25, 0.3) is 6.08 Å². The van der Waals surface area contributed by atoms with Gasteiger partial charge in [0.25, 0.3) is 0 Å². The minimum absolute atomic E-state index is 0.670. The van der Waals surface area contributed by atoms with Gasteiger partial charge in [0.05, 0.1) is 0 Å². The van der Waals surface area contributed by atoms with Gasteiger partial charge >= 0.3 is 11.4 Å². The second kappa shape index (κ2) is 4.64. The molecule has 1 unspecified atom stereocenters. The van der Waals surface area contributed by atoms with E-state index in [1.54, 1.807) is 30.3 Å². The summed E-state index contributed by atoms with van der Waals surface area (Å²) in [6.45, 7) is 0. The Morgan fingerprint density at radius 2 is 2.00 bits per heavy atom. The minimum Gasteiger partial charge on any atom is -0.399 e. The number of hydrogen-bond donors (Lipinski definition) is 2. The van der Waals surface area contributed by atoms with Gasteiger partial charge in [-0.2, -0.15) is 4.21 Å². The Morgan fingerprint density at radius 3 is 2.54 bits per heavy atom. The molecule has 1 atom stereocenters. The van der Waals surface area contributed by atoms with Crippen molar-refractivity contribution in [3.05, 3.63) is 36.1 Å². The second-order valence-corrected chi connectivity index (χ2v) is 2.91. The monoisotopic (exact) mass is 199 g/mol. The highest BCUT2D eigenvalue weighted by atomic mass is 32.2. The van der Waals surface area contributed by atoms with Crippen molar-refractivity contribution in [1.82, 2.24) is 0 Å². The number of hydrogen-bond acceptors (Lipinski definition) is 3. The molecule has 3 N–H and O–H groups in total. The van der Waals surface area contributed by atoms with E-state index in [-0.39, 0.29) is 0 Å². The minimum atomic E-state index is -2.26. The van der Waals surface area contributed by atoms with Crippen molar-refractivity contribution in [3.8, 4) is 0 Å². The number of benzene rings is 1. The largest absolute Gasteiger partial charge is 0.399 e. The fraction of sp³-hybridized carbons (Fsp3) is 0. The SMILES string of the molecule is Nc1ccc(C=COS(=O)O)cc1. The molecule has 0 amide bonds. The van der Waals surface area contributed by atoms with Crippen LogP contribution in [0.5, 0.6) is 0 Å². The van der Waals surface area contributed by atoms with E-state index in [0.29, 0.717) is 5.69 Å². The van der Waals surface area contributed by atoms with E-state index in [4.69, 9.17) is 10.3 Å². The molecule has 0 spiro atoms. The van der Waals surface area contributed by atoms with Crippen LogP contribution in [0.1, 0.15) is 5.56 Å². The molecule has 1 aromatic rings. The van der Waals surface area contributed by atoms with Gasteiger partial charge in [-0.3, -0.25) is 4.55 Å². The molecule has 0 saturated heterocycles. The fourth-order valence-corrected chi connectivity index (χ4v) is 0.912. The van der Waals surface area contributed by atoms with Crippen LogP contribution in [0.4, 0.5) is 5.69 Å². The van der Waals surface area contributed by atoms with Crippen molar-refractivity contribution in [2.24, 2.45) is 0 Å². The van der Waals surface area contributed by atoms with Gasteiger partial charge in [-0.25, -0.2) is 0 Å². The summed E-state index contributed by atoms with van der Waals surface area (Å²) in [5.41, 5.74) is 6.98. The molecular weight excluding hydrogens is 190 g/mol. The van der Waals surface area contributed by atoms with E-state index in [1.165, 1.54) is 0 Å². The quantitative estimate of drug-likeness (QED) is 0.438. The number of nitrogen functional groups attached to an aromatic ring is 1. The van der Waals surface area contributed by atoms with Crippen LogP contribution in [0.3, 0.4) is 0 Å². The zero-order chi connectivity index (χ0) is 9.68. The third-order valence-electron chi connectivity index (χ3n) is 1.33. The first-order chi connectivity index (χ1) is 6.18. The van der Waals surface area contributed by atoms with E-state index in [0.717, 1.165) is 11.8 Å². The predicted octanol–water partition coefficient (Wildman–Crippen LogP) is 1.39. The Kier molecular flexibility index (Phi) is 3.48. The van der Waals surface area contributed by atoms with Crippen molar-refractivity contribution in [2.75, 3.05) is 5.73 Å². The Balaban J connectivity index is 2.59. The van der Waals surface area contributed by atoms with Gasteiger partial charge in [-0.05, 0) is 23.8 Å². The number of rotatable bonds is 3. The lowest BCUT2D eigenvalue weighted by atomic mass is 10.2. The van der Waals surface area contributed by atoms with Gasteiger partial charge in [-0.15, -0.1) is 0 Å². The molecule has 0 fully saturated rings. The lowest BCUT2D eigenvalue weighted by Gasteiger charge is -1.94. The zero-order valence-electron chi connectivity index (χ0n) is 6.71. The predicted molar refractivity (Wildman–Crippen MR) is 51.7 cm³/mol. The van der Waals surface area contributed by atoms with Gasteiger partial charge in [0.1, 0.15) is 6.26 Å². The summed E-state index contributed by atoms with van der Waals surface area (Å²) < 4.78 is 22.6. The number of anilines is 1. The van der Waals surface area contributed by atoms with Crippen LogP contribution < -0.4 is 5.73 Å². The highest BCUT2D eigenvalue weighted by Crippen LogP contribution is 2.06. The average Bonchev–Trinajstić information content (AvgIpc) is 2.08. The van der Waals surface area contributed by atoms with Crippen molar-refractivity contribution in [2.45, 2.75) is 0 Å². The maximum atomic E-state index is 10.1. The van der Waals surface area contributed by atoms with Crippen molar-refractivity contribution in [1.29, 1.82) is 0 Å². The van der Waals surface area contributed by atoms with Gasteiger partial charge in [0.15, 0.2) is 0 Å². The molecule has 0 aliphatic carbocycles. The highest BCUT2D eigenvalue weighted by molar-refractivity contribution is 7.74. The summed E-state index contributed by atoms with van der Waals surface area (Å²) in [4.78, 5) is 0. The first-order valence-corrected chi connectivity index (χ1v) is 4.52. The van der Waals surface area contributed by atoms with E-state index in [2.05, 4.69) is 4.18 Å². The molecular formula is C8H9NO3S. The molecule has 0 saturated carbocycles. The molecule has 0 aliphatic rings. The van der Waals surface area contributed by atoms with Crippen LogP contribution in [0, 0.1) is 0 Å². The standard InChI is InChI=1S/C8H9NO3S/c9-8-3-1-7(2-4-8)5-6-12-13(10)11/h1-6H,9H2,(H,10,11). The van der Waals surface area contributed by atoms with E-state index >= 15 is 0 Å². The molecule has 4 nitrogen and oxygen atoms in total. The second-order valence-electron chi connectivity index (χ2n) is 2.28. The lowest BCUT2D eigenvalue weighted by Crippen LogP contribution is -1.86. The van der Waals surface area contributed by atoms with Gasteiger partial charge in [0, 0.05) is 5.69 Å². The summed E-state index contributed by atoms with van der Waals surface area (Å²) in [6.07, 6.45) is 2.72. The molecule has 0 heterocycles. The third-order valence-corrected chi connectivity index (χ3v) is 1.61. The molecule has 1 rings (SSSR count). The average molecular weight is 199 g/mol. The summed E-state index contributed by atoms with van der Waals surface area (Å²) in [5.74, 6) is 0. The van der Waals surface area contributed by atoms with Gasteiger partial charge in [-0.1, -0.05) is 12.1 Å². The fourth-order valence-electron chi connectivity index (χ4n) is 0.761. The van der Waals surface area contributed by atoms with Crippen LogP contribution in [0.2, 0.25) is 0 Å². The highest BCUT2D eigenvalue weighted by Gasteiger charge is 1.88. The van der Waals surface area contributed by atoms with Crippen molar-refractivity contribution < 1.29 is 12.9 Å². The summed E-state index contributed by atoms with van der Waals surface area (Å²) >= 11 is -2.26. The van der Waals surface area contributed by atoms with Gasteiger partial charge < -0.3 is 9.92 Å². The molecule has 0 aliphatic heterocycles. The van der Waals surface area contributed by atoms with Crippen molar-refractivity contribution >= 4 is 23.1 Å². The Morgan fingerprint density at radius 1 is 1.38 bits per heavy atom. The smallest absolute Gasteiger partial charge is 0.356 e. The summed E-state index contributed by atoms with van der Waals surface area (Å²) in [7, 11) is 0. The van der Waals surface area contributed by atoms with Crippen LogP contribution in [0.15, 0.2) is 30.5 Å². The Labute approximate surface area is 78.5 Å². The van der Waals surface area contributed by atoms with E-state index in [9.17, 15) is 4.21 Å². The lowest BCUT2D eigenvalue weighted by molar-refractivity contribution is 0.422. The Bertz CT molecular complexity index is 321. The first-order valence-electron chi connectivity index (χ1n) is 3.48. The molecule has 0 bridgehead atoms. The molecule has 5 heteroatoms. The maximum Gasteiger partial charge on any atom is 0.356 e. The van der Waals surface area contributed by atoms with Gasteiger partial charge in [0.2, 0.25) is 0 Å². The molecule has 13 heavy (non-hydrogen) atoms. The normalized spacial score (nSPS) is 13.0. The first kappa shape index (κ1) is 9.76. The Hall–Kier alpha value is -1.33. The zero-order valence-corrected chi connectivity index (χ0v) is 7.53. The van der Waals surface area contributed by atoms with Crippen LogP contribution in [-0.4, -0.2) is 8.76 Å². The van der Waals surface area contributed by atoms with E-state index < -0.39 is 11.4 Å². The third kappa shape index (κ3) is 3.73. The molecule has 0 aromatic heterocycles. The summed E-state index contributed by atoms with van der Waals surface area (Å²) in [6, 6.07) is 7.01. The number of nitrogens with two attached hydrogens (primary N) is 1. The molecule has 0 radical (unpaired) electrons. The van der Waals surface area contributed by atoms with E-state index in [1.807, 2.05) is 0 Å². The maximum absolute atomic E-state index is 10.1. The molecule has 1 aromatic carbocycles.